The summed E-state index contributed by atoms with van der Waals surface area (Å²) in [5.41, 5.74) is 4.21. The molecule has 0 saturated carbocycles. The molecule has 166 valence electrons. The van der Waals surface area contributed by atoms with Crippen molar-refractivity contribution in [2.75, 3.05) is 39.0 Å². The van der Waals surface area contributed by atoms with E-state index in [4.69, 9.17) is 0 Å². The van der Waals surface area contributed by atoms with Gasteiger partial charge >= 0.3 is 0 Å². The molecule has 1 aliphatic heterocycles. The Kier molecular flexibility index (Phi) is 7.50. The van der Waals surface area contributed by atoms with Crippen LogP contribution in [0.1, 0.15) is 48.4 Å². The van der Waals surface area contributed by atoms with Gasteiger partial charge in [-0.05, 0) is 44.2 Å². The third-order valence-electron chi connectivity index (χ3n) is 6.58. The number of hydrogen-bond donors (Lipinski definition) is 1. The molecule has 1 heterocycles. The maximum atomic E-state index is 13.4. The van der Waals surface area contributed by atoms with E-state index in [2.05, 4.69) is 29.6 Å². The molecule has 1 N–H and O–H groups in total. The number of anilines is 1. The smallest absolute Gasteiger partial charge is 0.279 e. The van der Waals surface area contributed by atoms with Gasteiger partial charge in [-0.3, -0.25) is 9.59 Å². The number of amides is 2. The maximum Gasteiger partial charge on any atom is 0.279 e. The number of rotatable bonds is 6. The van der Waals surface area contributed by atoms with Gasteiger partial charge in [0.25, 0.3) is 11.8 Å². The van der Waals surface area contributed by atoms with Crippen LogP contribution >= 0.6 is 0 Å². The standard InChI is InChI=1S/C26H35N3O2/c1-20-12-11-13-21(2)26(20)27-24(30)18-29(19-25(31)28(3)4)17-10-6-9-16-23(29)22-14-7-5-8-15-22/h5,7-8,11-15,23H,6,9-10,16-19H2,1-4H3/p+1. The van der Waals surface area contributed by atoms with Crippen molar-refractivity contribution in [1.82, 2.24) is 4.90 Å². The summed E-state index contributed by atoms with van der Waals surface area (Å²) in [5.74, 6) is 0.0505. The van der Waals surface area contributed by atoms with Crippen molar-refractivity contribution in [3.63, 3.8) is 0 Å². The van der Waals surface area contributed by atoms with Gasteiger partial charge in [0, 0.05) is 31.8 Å². The molecule has 2 amide bonds. The van der Waals surface area contributed by atoms with Crippen LogP contribution in [0.4, 0.5) is 5.69 Å². The Morgan fingerprint density at radius 2 is 1.61 bits per heavy atom. The number of nitrogens with zero attached hydrogens (tertiary/aromatic N) is 2. The van der Waals surface area contributed by atoms with Gasteiger partial charge in [-0.1, -0.05) is 48.5 Å². The molecule has 5 heteroatoms. The Balaban J connectivity index is 1.96. The normalized spacial score (nSPS) is 21.2. The lowest BCUT2D eigenvalue weighted by Gasteiger charge is -2.43. The summed E-state index contributed by atoms with van der Waals surface area (Å²) in [6, 6.07) is 16.6. The Morgan fingerprint density at radius 1 is 0.935 bits per heavy atom. The average molecular weight is 423 g/mol. The van der Waals surface area contributed by atoms with Gasteiger partial charge in [0.2, 0.25) is 0 Å². The number of aryl methyl sites for hydroxylation is 2. The first-order valence-corrected chi connectivity index (χ1v) is 11.3. The molecule has 2 aromatic carbocycles. The van der Waals surface area contributed by atoms with Crippen molar-refractivity contribution < 1.29 is 14.1 Å². The van der Waals surface area contributed by atoms with E-state index in [-0.39, 0.29) is 17.9 Å². The Labute approximate surface area is 186 Å². The van der Waals surface area contributed by atoms with Crippen LogP contribution in [0.25, 0.3) is 0 Å². The molecule has 2 aromatic rings. The SMILES string of the molecule is Cc1cccc(C)c1NC(=O)C[N+]1(CC(=O)N(C)C)CCCCCC1c1ccccc1. The van der Waals surface area contributed by atoms with Gasteiger partial charge in [0.05, 0.1) is 6.54 Å². The zero-order valence-electron chi connectivity index (χ0n) is 19.4. The van der Waals surface area contributed by atoms with Crippen molar-refractivity contribution in [2.24, 2.45) is 0 Å². The van der Waals surface area contributed by atoms with E-state index in [1.54, 1.807) is 19.0 Å². The second-order valence-corrected chi connectivity index (χ2v) is 9.14. The third-order valence-corrected chi connectivity index (χ3v) is 6.58. The molecule has 1 aliphatic rings. The number of quaternary nitrogens is 1. The van der Waals surface area contributed by atoms with Crippen LogP contribution in [0.5, 0.6) is 0 Å². The summed E-state index contributed by atoms with van der Waals surface area (Å²) in [6.45, 7) is 5.50. The molecule has 1 fully saturated rings. The fraction of sp³-hybridized carbons (Fsp3) is 0.462. The lowest BCUT2D eigenvalue weighted by molar-refractivity contribution is -0.942. The second-order valence-electron chi connectivity index (χ2n) is 9.14. The first-order valence-electron chi connectivity index (χ1n) is 11.3. The van der Waals surface area contributed by atoms with E-state index in [9.17, 15) is 9.59 Å². The van der Waals surface area contributed by atoms with Gasteiger partial charge in [-0.25, -0.2) is 0 Å². The molecular formula is C26H36N3O2+. The number of likely N-dealkylation sites (N-methyl/N-ethyl adjacent to an activating group) is 1. The van der Waals surface area contributed by atoms with E-state index < -0.39 is 0 Å². The predicted octanol–water partition coefficient (Wildman–Crippen LogP) is 4.46. The average Bonchev–Trinajstić information content (AvgIpc) is 2.93. The number of carbonyl (C=O) groups excluding carboxylic acids is 2. The topological polar surface area (TPSA) is 49.4 Å². The summed E-state index contributed by atoms with van der Waals surface area (Å²) in [5, 5.41) is 3.17. The van der Waals surface area contributed by atoms with Gasteiger partial charge in [-0.15, -0.1) is 0 Å². The molecule has 1 saturated heterocycles. The van der Waals surface area contributed by atoms with Crippen LogP contribution in [0.3, 0.4) is 0 Å². The van der Waals surface area contributed by atoms with E-state index in [1.165, 1.54) is 5.56 Å². The summed E-state index contributed by atoms with van der Waals surface area (Å²) in [6.07, 6.45) is 4.27. The zero-order chi connectivity index (χ0) is 22.4. The number of nitrogens with one attached hydrogen (secondary N) is 1. The minimum Gasteiger partial charge on any atom is -0.344 e. The first kappa shape index (κ1) is 23.0. The van der Waals surface area contributed by atoms with Gasteiger partial charge < -0.3 is 14.7 Å². The van der Waals surface area contributed by atoms with Crippen LogP contribution in [0.15, 0.2) is 48.5 Å². The number of para-hydroxylation sites is 1. The molecule has 5 nitrogen and oxygen atoms in total. The molecule has 0 spiro atoms. The number of likely N-dealkylation sites (tertiary alicyclic amines) is 1. The van der Waals surface area contributed by atoms with Gasteiger partial charge in [0.1, 0.15) is 6.04 Å². The minimum atomic E-state index is -0.0215. The fourth-order valence-corrected chi connectivity index (χ4v) is 4.85. The summed E-state index contributed by atoms with van der Waals surface area (Å²) in [7, 11) is 3.59. The molecule has 3 rings (SSSR count). The molecule has 31 heavy (non-hydrogen) atoms. The summed E-state index contributed by atoms with van der Waals surface area (Å²) < 4.78 is 0.484. The summed E-state index contributed by atoms with van der Waals surface area (Å²) in [4.78, 5) is 28.0. The highest BCUT2D eigenvalue weighted by Gasteiger charge is 2.42. The van der Waals surface area contributed by atoms with Crippen LogP contribution in [-0.2, 0) is 9.59 Å². The monoisotopic (exact) mass is 422 g/mol. The number of benzene rings is 2. The largest absolute Gasteiger partial charge is 0.344 e. The highest BCUT2D eigenvalue weighted by molar-refractivity contribution is 5.93. The van der Waals surface area contributed by atoms with Crippen LogP contribution in [0, 0.1) is 13.8 Å². The van der Waals surface area contributed by atoms with Gasteiger partial charge in [0.15, 0.2) is 13.1 Å². The molecule has 0 aliphatic carbocycles. The van der Waals surface area contributed by atoms with Crippen LogP contribution in [-0.4, -0.2) is 54.9 Å². The summed E-state index contributed by atoms with van der Waals surface area (Å²) >= 11 is 0. The number of carbonyl (C=O) groups is 2. The van der Waals surface area contributed by atoms with Gasteiger partial charge in [-0.2, -0.15) is 0 Å². The highest BCUT2D eigenvalue weighted by Crippen LogP contribution is 2.37. The minimum absolute atomic E-state index is 0.0215. The lowest BCUT2D eigenvalue weighted by Crippen LogP contribution is -2.58. The molecule has 0 aromatic heterocycles. The molecule has 0 radical (unpaired) electrons. The highest BCUT2D eigenvalue weighted by atomic mass is 16.2. The number of hydrogen-bond acceptors (Lipinski definition) is 2. The quantitative estimate of drug-likeness (QED) is 0.699. The van der Waals surface area contributed by atoms with Crippen molar-refractivity contribution >= 4 is 17.5 Å². The Bertz CT molecular complexity index is 890. The molecular weight excluding hydrogens is 386 g/mol. The van der Waals surface area contributed by atoms with E-state index in [1.807, 2.05) is 38.1 Å². The zero-order valence-corrected chi connectivity index (χ0v) is 19.4. The van der Waals surface area contributed by atoms with Crippen LogP contribution < -0.4 is 5.32 Å². The Morgan fingerprint density at radius 3 is 2.26 bits per heavy atom. The second kappa shape index (κ2) is 10.1. The third kappa shape index (κ3) is 5.53. The van der Waals surface area contributed by atoms with E-state index >= 15 is 0 Å². The predicted molar refractivity (Wildman–Crippen MR) is 126 cm³/mol. The van der Waals surface area contributed by atoms with E-state index in [0.717, 1.165) is 49.0 Å². The molecule has 0 bridgehead atoms. The van der Waals surface area contributed by atoms with Crippen molar-refractivity contribution in [1.29, 1.82) is 0 Å². The molecule has 2 unspecified atom stereocenters. The maximum absolute atomic E-state index is 13.4. The van der Waals surface area contributed by atoms with Crippen LogP contribution in [0.2, 0.25) is 0 Å². The lowest BCUT2D eigenvalue weighted by atomic mass is 9.98. The van der Waals surface area contributed by atoms with Crippen molar-refractivity contribution in [3.05, 3.63) is 65.2 Å². The van der Waals surface area contributed by atoms with Crippen molar-refractivity contribution in [3.8, 4) is 0 Å². The van der Waals surface area contributed by atoms with Crippen molar-refractivity contribution in [2.45, 2.75) is 45.6 Å². The van der Waals surface area contributed by atoms with E-state index in [0.29, 0.717) is 17.6 Å². The fourth-order valence-electron chi connectivity index (χ4n) is 4.85. The Hall–Kier alpha value is -2.66. The first-order chi connectivity index (χ1) is 14.8. The molecule has 2 atom stereocenters.